The number of anilines is 1. The van der Waals surface area contributed by atoms with E-state index < -0.39 is 0 Å². The zero-order chi connectivity index (χ0) is 25.2. The summed E-state index contributed by atoms with van der Waals surface area (Å²) in [7, 11) is 0. The molecule has 0 saturated heterocycles. The number of hydrogen-bond donors (Lipinski definition) is 1. The highest BCUT2D eigenvalue weighted by Crippen LogP contribution is 2.31. The second-order valence-corrected chi connectivity index (χ2v) is 11.4. The van der Waals surface area contributed by atoms with Crippen molar-refractivity contribution in [3.05, 3.63) is 82.0 Å². The summed E-state index contributed by atoms with van der Waals surface area (Å²) in [6.07, 6.45) is 2.52. The summed E-state index contributed by atoms with van der Waals surface area (Å²) >= 11 is 4.43. The third-order valence-electron chi connectivity index (χ3n) is 5.62. The average Bonchev–Trinajstić information content (AvgIpc) is 3.49. The number of nitrogens with zero attached hydrogens (tertiary/aromatic N) is 3. The number of thioether (sulfide) groups is 1. The summed E-state index contributed by atoms with van der Waals surface area (Å²) in [6, 6.07) is 15.9. The summed E-state index contributed by atoms with van der Waals surface area (Å²) in [4.78, 5) is 36.9. The van der Waals surface area contributed by atoms with Crippen LogP contribution in [0.3, 0.4) is 0 Å². The number of halogens is 1. The van der Waals surface area contributed by atoms with Crippen LogP contribution in [-0.4, -0.2) is 26.2 Å². The third kappa shape index (κ3) is 5.80. The molecular weight excluding hydrogens is 544 g/mol. The number of fused-ring (bicyclic) bond motifs is 2. The van der Waals surface area contributed by atoms with E-state index in [1.165, 1.54) is 28.7 Å². The molecule has 2 aromatic carbocycles. The van der Waals surface area contributed by atoms with Crippen molar-refractivity contribution < 1.29 is 4.79 Å². The van der Waals surface area contributed by atoms with E-state index in [1.54, 1.807) is 22.0 Å². The molecule has 5 rings (SSSR count). The highest BCUT2D eigenvalue weighted by molar-refractivity contribution is 7.99. The van der Waals surface area contributed by atoms with Crippen molar-refractivity contribution in [1.82, 2.24) is 14.5 Å². The summed E-state index contributed by atoms with van der Waals surface area (Å²) in [5, 5.41) is 5.02. The van der Waals surface area contributed by atoms with Crippen LogP contribution in [0.5, 0.6) is 0 Å². The van der Waals surface area contributed by atoms with Crippen molar-refractivity contribution >= 4 is 78.9 Å². The number of aromatic nitrogens is 3. The number of thiophene rings is 1. The lowest BCUT2D eigenvalue weighted by atomic mass is 10.2. The van der Waals surface area contributed by atoms with Crippen LogP contribution in [0.25, 0.3) is 31.0 Å². The normalized spacial score (nSPS) is 11.0. The minimum atomic E-state index is -0.164. The Kier molecular flexibility index (Phi) is 8.49. The highest BCUT2D eigenvalue weighted by atomic mass is 35.5. The molecule has 0 unspecified atom stereocenters. The van der Waals surface area contributed by atoms with Gasteiger partial charge in [0, 0.05) is 22.7 Å². The molecule has 0 fully saturated rings. The molecular formula is C27H25ClN4O2S3. The number of aryl methyl sites for hydroxylation is 2. The van der Waals surface area contributed by atoms with Crippen LogP contribution in [0.1, 0.15) is 17.4 Å². The van der Waals surface area contributed by atoms with Gasteiger partial charge < -0.3 is 5.32 Å². The first-order valence-corrected chi connectivity index (χ1v) is 14.1. The van der Waals surface area contributed by atoms with Crippen molar-refractivity contribution in [2.75, 3.05) is 11.1 Å². The SMILES string of the molecule is C=CCn1c(SCC(=O)Nc2ccc(-c3nc4ccc(C)cc4s3)cc2)nc2sc(CC)cc2c1=O.Cl. The van der Waals surface area contributed by atoms with E-state index >= 15 is 0 Å². The predicted octanol–water partition coefficient (Wildman–Crippen LogP) is 6.94. The molecule has 190 valence electrons. The van der Waals surface area contributed by atoms with Gasteiger partial charge >= 0.3 is 0 Å². The van der Waals surface area contributed by atoms with Gasteiger partial charge in [-0.1, -0.05) is 30.8 Å². The molecule has 0 atom stereocenters. The van der Waals surface area contributed by atoms with Gasteiger partial charge in [0.2, 0.25) is 5.91 Å². The second-order valence-electron chi connectivity index (χ2n) is 8.29. The molecule has 3 heterocycles. The fourth-order valence-corrected chi connectivity index (χ4v) is 6.69. The van der Waals surface area contributed by atoms with Crippen LogP contribution >= 0.6 is 46.8 Å². The molecule has 0 bridgehead atoms. The monoisotopic (exact) mass is 568 g/mol. The standard InChI is InChI=1S/C27H24N4O2S3.ClH/c1-4-12-31-26(33)20-14-19(5-2)35-25(20)30-27(31)34-15-23(32)28-18-9-7-17(8-10-18)24-29-21-11-6-16(3)13-22(21)36-24;/h4,6-11,13-14H,1,5,12,15H2,2-3H3,(H,28,32);1H. The van der Waals surface area contributed by atoms with E-state index in [4.69, 9.17) is 4.98 Å². The van der Waals surface area contributed by atoms with Crippen LogP contribution in [0.2, 0.25) is 0 Å². The van der Waals surface area contributed by atoms with Crippen LogP contribution in [0.4, 0.5) is 5.69 Å². The molecule has 0 aliphatic carbocycles. The van der Waals surface area contributed by atoms with Crippen LogP contribution in [0.15, 0.2) is 71.1 Å². The Hall–Kier alpha value is -2.98. The molecule has 1 amide bonds. The largest absolute Gasteiger partial charge is 0.325 e. The Bertz CT molecular complexity index is 1650. The lowest BCUT2D eigenvalue weighted by Crippen LogP contribution is -2.23. The van der Waals surface area contributed by atoms with Gasteiger partial charge in [-0.3, -0.25) is 14.2 Å². The Balaban J connectivity index is 0.00000320. The maximum atomic E-state index is 13.0. The Morgan fingerprint density at radius 1 is 1.14 bits per heavy atom. The zero-order valence-electron chi connectivity index (χ0n) is 20.3. The molecule has 5 aromatic rings. The zero-order valence-corrected chi connectivity index (χ0v) is 23.6. The molecule has 0 aliphatic rings. The lowest BCUT2D eigenvalue weighted by molar-refractivity contribution is -0.113. The first-order valence-electron chi connectivity index (χ1n) is 11.5. The maximum Gasteiger partial charge on any atom is 0.263 e. The van der Waals surface area contributed by atoms with Gasteiger partial charge in [0.15, 0.2) is 5.16 Å². The van der Waals surface area contributed by atoms with E-state index in [-0.39, 0.29) is 29.6 Å². The molecule has 3 aromatic heterocycles. The van der Waals surface area contributed by atoms with E-state index in [0.29, 0.717) is 27.6 Å². The molecule has 0 saturated carbocycles. The van der Waals surface area contributed by atoms with Crippen molar-refractivity contribution in [2.24, 2.45) is 0 Å². The van der Waals surface area contributed by atoms with Gasteiger partial charge in [-0.2, -0.15) is 0 Å². The topological polar surface area (TPSA) is 76.9 Å². The summed E-state index contributed by atoms with van der Waals surface area (Å²) in [6.45, 7) is 8.23. The number of amides is 1. The first kappa shape index (κ1) is 27.1. The van der Waals surface area contributed by atoms with Crippen molar-refractivity contribution in [1.29, 1.82) is 0 Å². The van der Waals surface area contributed by atoms with Gasteiger partial charge in [0.25, 0.3) is 5.56 Å². The number of rotatable bonds is 8. The van der Waals surface area contributed by atoms with Crippen molar-refractivity contribution in [2.45, 2.75) is 32.0 Å². The number of benzene rings is 2. The quantitative estimate of drug-likeness (QED) is 0.125. The number of carbonyl (C=O) groups excluding carboxylic acids is 1. The molecule has 37 heavy (non-hydrogen) atoms. The van der Waals surface area contributed by atoms with Gasteiger partial charge in [-0.15, -0.1) is 41.7 Å². The molecule has 0 aliphatic heterocycles. The number of hydrogen-bond acceptors (Lipinski definition) is 7. The smallest absolute Gasteiger partial charge is 0.263 e. The summed E-state index contributed by atoms with van der Waals surface area (Å²) in [5.41, 5.74) is 3.82. The minimum absolute atomic E-state index is 0. The summed E-state index contributed by atoms with van der Waals surface area (Å²) < 4.78 is 2.74. The van der Waals surface area contributed by atoms with Gasteiger partial charge in [-0.25, -0.2) is 9.97 Å². The Morgan fingerprint density at radius 2 is 1.92 bits per heavy atom. The summed E-state index contributed by atoms with van der Waals surface area (Å²) in [5.74, 6) is -0.0248. The third-order valence-corrected chi connectivity index (χ3v) is 8.84. The predicted molar refractivity (Wildman–Crippen MR) is 160 cm³/mol. The minimum Gasteiger partial charge on any atom is -0.325 e. The van der Waals surface area contributed by atoms with Gasteiger partial charge in [0.1, 0.15) is 9.84 Å². The molecule has 0 radical (unpaired) electrons. The van der Waals surface area contributed by atoms with E-state index in [2.05, 4.69) is 42.9 Å². The van der Waals surface area contributed by atoms with Crippen molar-refractivity contribution in [3.8, 4) is 10.6 Å². The second kappa shape index (κ2) is 11.6. The fourth-order valence-electron chi connectivity index (χ4n) is 3.80. The number of nitrogens with one attached hydrogen (secondary N) is 1. The van der Waals surface area contributed by atoms with Crippen LogP contribution < -0.4 is 10.9 Å². The molecule has 6 nitrogen and oxygen atoms in total. The first-order chi connectivity index (χ1) is 17.4. The fraction of sp³-hybridized carbons (Fsp3) is 0.185. The maximum absolute atomic E-state index is 13.0. The average molecular weight is 569 g/mol. The molecule has 10 heteroatoms. The Labute approximate surface area is 232 Å². The van der Waals surface area contributed by atoms with Gasteiger partial charge in [-0.05, 0) is 61.4 Å². The Morgan fingerprint density at radius 3 is 2.65 bits per heavy atom. The number of allylic oxidation sites excluding steroid dienone is 1. The van der Waals surface area contributed by atoms with Crippen LogP contribution in [-0.2, 0) is 17.8 Å². The van der Waals surface area contributed by atoms with Crippen LogP contribution in [0, 0.1) is 6.92 Å². The van der Waals surface area contributed by atoms with Gasteiger partial charge in [0.05, 0.1) is 21.4 Å². The number of thiazole rings is 1. The molecule has 0 spiro atoms. The lowest BCUT2D eigenvalue weighted by Gasteiger charge is -2.10. The van der Waals surface area contributed by atoms with E-state index in [1.807, 2.05) is 36.4 Å². The van der Waals surface area contributed by atoms with E-state index in [9.17, 15) is 9.59 Å². The molecule has 1 N–H and O–H groups in total. The van der Waals surface area contributed by atoms with E-state index in [0.717, 1.165) is 32.1 Å². The highest BCUT2D eigenvalue weighted by Gasteiger charge is 2.15. The van der Waals surface area contributed by atoms with Crippen molar-refractivity contribution in [3.63, 3.8) is 0 Å². The number of carbonyl (C=O) groups is 1.